The molecular formula is C15H17N3OS. The van der Waals surface area contributed by atoms with Crippen LogP contribution in [0.1, 0.15) is 23.4 Å². The maximum absolute atomic E-state index is 8.47. The predicted octanol–water partition coefficient (Wildman–Crippen LogP) is 3.75. The summed E-state index contributed by atoms with van der Waals surface area (Å²) in [6, 6.07) is 9.98. The van der Waals surface area contributed by atoms with Gasteiger partial charge < -0.3 is 10.1 Å². The van der Waals surface area contributed by atoms with E-state index in [4.69, 9.17) is 10.00 Å². The van der Waals surface area contributed by atoms with E-state index in [2.05, 4.69) is 16.4 Å². The Hall–Kier alpha value is -2.06. The Morgan fingerprint density at radius 2 is 2.35 bits per heavy atom. The summed E-state index contributed by atoms with van der Waals surface area (Å²) in [4.78, 5) is 5.47. The number of benzene rings is 1. The van der Waals surface area contributed by atoms with E-state index in [9.17, 15) is 0 Å². The molecule has 0 bridgehead atoms. The van der Waals surface area contributed by atoms with Gasteiger partial charge in [0.05, 0.1) is 30.4 Å². The minimum atomic E-state index is 0.530. The van der Waals surface area contributed by atoms with Crippen LogP contribution in [0.5, 0.6) is 5.75 Å². The molecule has 104 valence electrons. The van der Waals surface area contributed by atoms with Gasteiger partial charge in [0.25, 0.3) is 0 Å². The van der Waals surface area contributed by atoms with E-state index in [1.165, 1.54) is 4.88 Å². The number of anilines is 1. The van der Waals surface area contributed by atoms with Gasteiger partial charge in [-0.25, -0.2) is 4.98 Å². The zero-order valence-corrected chi connectivity index (χ0v) is 12.2. The number of nitriles is 1. The fraction of sp³-hybridized carbons (Fsp3) is 0.333. The van der Waals surface area contributed by atoms with Crippen molar-refractivity contribution < 1.29 is 4.74 Å². The predicted molar refractivity (Wildman–Crippen MR) is 81.0 cm³/mol. The van der Waals surface area contributed by atoms with Crippen LogP contribution < -0.4 is 10.1 Å². The Labute approximate surface area is 123 Å². The van der Waals surface area contributed by atoms with Crippen molar-refractivity contribution in [1.82, 2.24) is 4.98 Å². The van der Waals surface area contributed by atoms with Crippen LogP contribution in [0.15, 0.2) is 29.8 Å². The van der Waals surface area contributed by atoms with E-state index in [1.54, 1.807) is 11.3 Å². The number of thiazole rings is 1. The standard InChI is InChI=1S/C15H17N3OS/c1-12-15(20-11-18-12)10-17-13-5-4-6-14(9-13)19-8-3-2-7-16/h4-6,9,11,17H,2-3,8,10H2,1H3. The average Bonchev–Trinajstić information content (AvgIpc) is 2.87. The second-order valence-corrected chi connectivity index (χ2v) is 5.29. The monoisotopic (exact) mass is 287 g/mol. The van der Waals surface area contributed by atoms with Crippen molar-refractivity contribution in [3.63, 3.8) is 0 Å². The number of aromatic nitrogens is 1. The average molecular weight is 287 g/mol. The fourth-order valence-electron chi connectivity index (χ4n) is 1.72. The first-order valence-corrected chi connectivity index (χ1v) is 7.40. The van der Waals surface area contributed by atoms with Crippen molar-refractivity contribution in [2.45, 2.75) is 26.3 Å². The molecule has 0 aliphatic heterocycles. The molecular weight excluding hydrogens is 270 g/mol. The Morgan fingerprint density at radius 3 is 3.10 bits per heavy atom. The molecule has 1 aromatic carbocycles. The van der Waals surface area contributed by atoms with Gasteiger partial charge in [-0.3, -0.25) is 0 Å². The van der Waals surface area contributed by atoms with E-state index in [-0.39, 0.29) is 0 Å². The van der Waals surface area contributed by atoms with Crippen molar-refractivity contribution in [3.05, 3.63) is 40.3 Å². The van der Waals surface area contributed by atoms with Gasteiger partial charge in [0, 0.05) is 23.1 Å². The number of aryl methyl sites for hydroxylation is 1. The van der Waals surface area contributed by atoms with Gasteiger partial charge in [-0.2, -0.15) is 5.26 Å². The maximum atomic E-state index is 8.47. The van der Waals surface area contributed by atoms with Crippen LogP contribution in [0.3, 0.4) is 0 Å². The summed E-state index contributed by atoms with van der Waals surface area (Å²) in [6.07, 6.45) is 1.29. The molecule has 1 N–H and O–H groups in total. The first-order chi connectivity index (χ1) is 9.79. The van der Waals surface area contributed by atoms with Gasteiger partial charge in [0.2, 0.25) is 0 Å². The third-order valence-electron chi connectivity index (χ3n) is 2.83. The van der Waals surface area contributed by atoms with Crippen molar-refractivity contribution in [2.75, 3.05) is 11.9 Å². The molecule has 0 saturated carbocycles. The molecule has 1 heterocycles. The summed E-state index contributed by atoms with van der Waals surface area (Å²) in [5, 5.41) is 11.8. The molecule has 0 aliphatic carbocycles. The highest BCUT2D eigenvalue weighted by molar-refractivity contribution is 7.09. The highest BCUT2D eigenvalue weighted by Gasteiger charge is 2.02. The van der Waals surface area contributed by atoms with Gasteiger partial charge in [-0.1, -0.05) is 6.07 Å². The van der Waals surface area contributed by atoms with Crippen molar-refractivity contribution in [2.24, 2.45) is 0 Å². The summed E-state index contributed by atoms with van der Waals surface area (Å²) in [6.45, 7) is 3.36. The van der Waals surface area contributed by atoms with E-state index in [0.717, 1.165) is 30.1 Å². The Bertz CT molecular complexity index is 589. The molecule has 1 aromatic heterocycles. The number of hydrogen-bond donors (Lipinski definition) is 1. The molecule has 0 saturated heterocycles. The number of ether oxygens (including phenoxy) is 1. The van der Waals surface area contributed by atoms with E-state index < -0.39 is 0 Å². The summed E-state index contributed by atoms with van der Waals surface area (Å²) in [7, 11) is 0. The molecule has 0 unspecified atom stereocenters. The molecule has 0 spiro atoms. The fourth-order valence-corrected chi connectivity index (χ4v) is 2.43. The van der Waals surface area contributed by atoms with E-state index in [1.807, 2.05) is 36.7 Å². The van der Waals surface area contributed by atoms with Crippen molar-refractivity contribution >= 4 is 17.0 Å². The van der Waals surface area contributed by atoms with Crippen LogP contribution in [0.4, 0.5) is 5.69 Å². The molecule has 20 heavy (non-hydrogen) atoms. The topological polar surface area (TPSA) is 57.9 Å². The molecule has 5 heteroatoms. The lowest BCUT2D eigenvalue weighted by atomic mass is 10.3. The Balaban J connectivity index is 1.86. The van der Waals surface area contributed by atoms with Crippen LogP contribution in [-0.4, -0.2) is 11.6 Å². The zero-order valence-electron chi connectivity index (χ0n) is 11.4. The SMILES string of the molecule is Cc1ncsc1CNc1cccc(OCCCC#N)c1. The summed E-state index contributed by atoms with van der Waals surface area (Å²) >= 11 is 1.66. The molecule has 0 fully saturated rings. The largest absolute Gasteiger partial charge is 0.493 e. The molecule has 0 radical (unpaired) electrons. The lowest BCUT2D eigenvalue weighted by Gasteiger charge is -2.09. The van der Waals surface area contributed by atoms with E-state index >= 15 is 0 Å². The maximum Gasteiger partial charge on any atom is 0.121 e. The lowest BCUT2D eigenvalue weighted by Crippen LogP contribution is -2.00. The highest BCUT2D eigenvalue weighted by atomic mass is 32.1. The molecule has 2 rings (SSSR count). The highest BCUT2D eigenvalue weighted by Crippen LogP contribution is 2.20. The van der Waals surface area contributed by atoms with Crippen LogP contribution in [-0.2, 0) is 6.54 Å². The molecule has 0 amide bonds. The van der Waals surface area contributed by atoms with Gasteiger partial charge in [0.1, 0.15) is 5.75 Å². The number of nitrogens with zero attached hydrogens (tertiary/aromatic N) is 2. The molecule has 0 atom stereocenters. The normalized spacial score (nSPS) is 10.0. The first-order valence-electron chi connectivity index (χ1n) is 6.52. The minimum Gasteiger partial charge on any atom is -0.493 e. The summed E-state index contributed by atoms with van der Waals surface area (Å²) < 4.78 is 5.61. The number of unbranched alkanes of at least 4 members (excludes halogenated alkanes) is 1. The van der Waals surface area contributed by atoms with Crippen LogP contribution in [0.25, 0.3) is 0 Å². The number of hydrogen-bond acceptors (Lipinski definition) is 5. The second kappa shape index (κ2) is 7.51. The summed E-state index contributed by atoms with van der Waals surface area (Å²) in [5.74, 6) is 0.828. The zero-order chi connectivity index (χ0) is 14.2. The molecule has 2 aromatic rings. The van der Waals surface area contributed by atoms with Gasteiger partial charge >= 0.3 is 0 Å². The van der Waals surface area contributed by atoms with E-state index in [0.29, 0.717) is 13.0 Å². The minimum absolute atomic E-state index is 0.530. The smallest absolute Gasteiger partial charge is 0.121 e. The van der Waals surface area contributed by atoms with Gasteiger partial charge in [-0.15, -0.1) is 11.3 Å². The molecule has 4 nitrogen and oxygen atoms in total. The number of nitrogens with one attached hydrogen (secondary N) is 1. The number of rotatable bonds is 7. The Morgan fingerprint density at radius 1 is 1.45 bits per heavy atom. The lowest BCUT2D eigenvalue weighted by molar-refractivity contribution is 0.313. The molecule has 0 aliphatic rings. The van der Waals surface area contributed by atoms with Gasteiger partial charge in [-0.05, 0) is 25.5 Å². The Kier molecular flexibility index (Phi) is 5.39. The van der Waals surface area contributed by atoms with Crippen LogP contribution >= 0.6 is 11.3 Å². The van der Waals surface area contributed by atoms with Crippen LogP contribution in [0.2, 0.25) is 0 Å². The quantitative estimate of drug-likeness (QED) is 0.788. The van der Waals surface area contributed by atoms with Gasteiger partial charge in [0.15, 0.2) is 0 Å². The summed E-state index contributed by atoms with van der Waals surface area (Å²) in [5.41, 5.74) is 3.96. The van der Waals surface area contributed by atoms with Crippen LogP contribution in [0, 0.1) is 18.3 Å². The van der Waals surface area contributed by atoms with Crippen molar-refractivity contribution in [1.29, 1.82) is 5.26 Å². The third-order valence-corrected chi connectivity index (χ3v) is 3.77. The third kappa shape index (κ3) is 4.25. The first kappa shape index (κ1) is 14.4. The van der Waals surface area contributed by atoms with Crippen molar-refractivity contribution in [3.8, 4) is 11.8 Å². The second-order valence-electron chi connectivity index (χ2n) is 4.35.